The number of rotatable bonds is 8. The SMILES string of the molecule is O=C(O)CCCCCCCn1c[c]nc1. The molecule has 1 N–H and O–H groups in total. The molecule has 1 radical (unpaired) electrons. The molecule has 0 aliphatic heterocycles. The summed E-state index contributed by atoms with van der Waals surface area (Å²) in [4.78, 5) is 14.1. The Labute approximate surface area is 89.9 Å². The number of carboxylic acids is 1. The minimum absolute atomic E-state index is 0.302. The van der Waals surface area contributed by atoms with E-state index in [2.05, 4.69) is 11.2 Å². The first-order valence-electron chi connectivity index (χ1n) is 5.38. The van der Waals surface area contributed by atoms with Crippen LogP contribution >= 0.6 is 0 Å². The van der Waals surface area contributed by atoms with Gasteiger partial charge in [-0.2, -0.15) is 0 Å². The highest BCUT2D eigenvalue weighted by Crippen LogP contribution is 2.06. The minimum atomic E-state index is -0.691. The number of aryl methyl sites for hydroxylation is 1. The van der Waals surface area contributed by atoms with Crippen molar-refractivity contribution in [2.45, 2.75) is 45.1 Å². The molecule has 0 bridgehead atoms. The Morgan fingerprint density at radius 3 is 2.67 bits per heavy atom. The van der Waals surface area contributed by atoms with Gasteiger partial charge in [-0.3, -0.25) is 4.79 Å². The number of unbranched alkanes of at least 4 members (excludes halogenated alkanes) is 4. The van der Waals surface area contributed by atoms with Crippen molar-refractivity contribution in [3.05, 3.63) is 18.7 Å². The van der Waals surface area contributed by atoms with E-state index in [4.69, 9.17) is 5.11 Å². The maximum Gasteiger partial charge on any atom is 0.303 e. The van der Waals surface area contributed by atoms with E-state index in [0.29, 0.717) is 6.42 Å². The molecule has 83 valence electrons. The van der Waals surface area contributed by atoms with Crippen LogP contribution in [0.25, 0.3) is 0 Å². The summed E-state index contributed by atoms with van der Waals surface area (Å²) in [5.74, 6) is -0.691. The summed E-state index contributed by atoms with van der Waals surface area (Å²) in [7, 11) is 0. The van der Waals surface area contributed by atoms with Crippen LogP contribution in [0.3, 0.4) is 0 Å². The number of hydrogen-bond donors (Lipinski definition) is 1. The quantitative estimate of drug-likeness (QED) is 0.667. The van der Waals surface area contributed by atoms with E-state index in [-0.39, 0.29) is 0 Å². The summed E-state index contributed by atoms with van der Waals surface area (Å²) in [5, 5.41) is 8.43. The zero-order chi connectivity index (χ0) is 10.9. The Morgan fingerprint density at radius 2 is 2.00 bits per heavy atom. The van der Waals surface area contributed by atoms with Crippen LogP contribution in [0.15, 0.2) is 12.5 Å². The zero-order valence-corrected chi connectivity index (χ0v) is 8.85. The van der Waals surface area contributed by atoms with E-state index in [1.807, 2.05) is 10.8 Å². The third-order valence-electron chi connectivity index (χ3n) is 2.31. The highest BCUT2D eigenvalue weighted by atomic mass is 16.4. The standard InChI is InChI=1S/C11H17N2O2/c14-11(15)6-4-2-1-3-5-8-13-9-7-12-10-13/h9-10H,1-6,8H2,(H,14,15). The molecule has 0 saturated heterocycles. The average Bonchev–Trinajstić information content (AvgIpc) is 2.68. The summed E-state index contributed by atoms with van der Waals surface area (Å²) in [6, 6.07) is 0. The normalized spacial score (nSPS) is 10.4. The van der Waals surface area contributed by atoms with Gasteiger partial charge in [0, 0.05) is 19.2 Å². The summed E-state index contributed by atoms with van der Waals surface area (Å²) in [6.45, 7) is 0.982. The predicted octanol–water partition coefficient (Wildman–Crippen LogP) is 2.11. The predicted molar refractivity (Wildman–Crippen MR) is 56.4 cm³/mol. The Morgan fingerprint density at radius 1 is 1.27 bits per heavy atom. The van der Waals surface area contributed by atoms with E-state index in [1.54, 1.807) is 6.33 Å². The number of nitrogens with zero attached hydrogens (tertiary/aromatic N) is 2. The van der Waals surface area contributed by atoms with E-state index in [0.717, 1.165) is 38.6 Å². The van der Waals surface area contributed by atoms with Gasteiger partial charge >= 0.3 is 5.97 Å². The molecule has 4 heteroatoms. The van der Waals surface area contributed by atoms with Crippen molar-refractivity contribution in [3.63, 3.8) is 0 Å². The first-order chi connectivity index (χ1) is 7.29. The van der Waals surface area contributed by atoms with Crippen LogP contribution in [0.5, 0.6) is 0 Å². The highest BCUT2D eigenvalue weighted by molar-refractivity contribution is 5.66. The largest absolute Gasteiger partial charge is 0.481 e. The van der Waals surface area contributed by atoms with Gasteiger partial charge in [0.2, 0.25) is 0 Å². The van der Waals surface area contributed by atoms with Crippen molar-refractivity contribution >= 4 is 5.97 Å². The first-order valence-corrected chi connectivity index (χ1v) is 5.38. The monoisotopic (exact) mass is 209 g/mol. The maximum absolute atomic E-state index is 10.2. The molecule has 4 nitrogen and oxygen atoms in total. The molecule has 1 heterocycles. The minimum Gasteiger partial charge on any atom is -0.481 e. The number of aliphatic carboxylic acids is 1. The molecule has 1 rings (SSSR count). The molecule has 1 aromatic heterocycles. The van der Waals surface area contributed by atoms with Crippen LogP contribution in [0.2, 0.25) is 0 Å². The van der Waals surface area contributed by atoms with Gasteiger partial charge in [-0.1, -0.05) is 19.3 Å². The number of carbonyl (C=O) groups is 1. The van der Waals surface area contributed by atoms with Gasteiger partial charge in [-0.25, -0.2) is 4.98 Å². The second-order valence-electron chi connectivity index (χ2n) is 3.65. The molecule has 0 atom stereocenters. The lowest BCUT2D eigenvalue weighted by Crippen LogP contribution is -1.95. The number of imidazole rings is 1. The summed E-state index contributed by atoms with van der Waals surface area (Å²) in [5.41, 5.74) is 0. The van der Waals surface area contributed by atoms with Gasteiger partial charge in [0.05, 0.1) is 6.33 Å². The molecule has 0 spiro atoms. The van der Waals surface area contributed by atoms with Crippen LogP contribution in [0, 0.1) is 6.20 Å². The molecular weight excluding hydrogens is 192 g/mol. The van der Waals surface area contributed by atoms with Gasteiger partial charge in [0.1, 0.15) is 6.20 Å². The van der Waals surface area contributed by atoms with Crippen molar-refractivity contribution in [1.29, 1.82) is 0 Å². The summed E-state index contributed by atoms with van der Waals surface area (Å²) < 4.78 is 2.01. The van der Waals surface area contributed by atoms with Crippen molar-refractivity contribution in [3.8, 4) is 0 Å². The molecule has 0 saturated carbocycles. The summed E-state index contributed by atoms with van der Waals surface area (Å²) >= 11 is 0. The Kier molecular flexibility index (Phi) is 5.51. The fourth-order valence-electron chi connectivity index (χ4n) is 1.47. The fourth-order valence-corrected chi connectivity index (χ4v) is 1.47. The van der Waals surface area contributed by atoms with E-state index >= 15 is 0 Å². The first kappa shape index (κ1) is 11.8. The van der Waals surface area contributed by atoms with Gasteiger partial charge < -0.3 is 9.67 Å². The van der Waals surface area contributed by atoms with Crippen LogP contribution in [-0.4, -0.2) is 20.6 Å². The molecule has 0 fully saturated rings. The van der Waals surface area contributed by atoms with Gasteiger partial charge in [0.15, 0.2) is 0 Å². The lowest BCUT2D eigenvalue weighted by Gasteiger charge is -2.01. The Bertz CT molecular complexity index is 270. The Balaban J connectivity index is 1.87. The molecule has 0 aliphatic carbocycles. The zero-order valence-electron chi connectivity index (χ0n) is 8.85. The molecule has 0 amide bonds. The lowest BCUT2D eigenvalue weighted by atomic mass is 10.1. The van der Waals surface area contributed by atoms with Crippen LogP contribution in [-0.2, 0) is 11.3 Å². The topological polar surface area (TPSA) is 55.1 Å². The fraction of sp³-hybridized carbons (Fsp3) is 0.636. The number of aromatic nitrogens is 2. The lowest BCUT2D eigenvalue weighted by molar-refractivity contribution is -0.137. The molecule has 1 aromatic rings. The Hall–Kier alpha value is -1.32. The van der Waals surface area contributed by atoms with Gasteiger partial charge in [0.25, 0.3) is 0 Å². The molecule has 0 aromatic carbocycles. The highest BCUT2D eigenvalue weighted by Gasteiger charge is 1.96. The third-order valence-corrected chi connectivity index (χ3v) is 2.31. The number of carboxylic acid groups (broad SMARTS) is 1. The number of hydrogen-bond acceptors (Lipinski definition) is 2. The van der Waals surface area contributed by atoms with Crippen molar-refractivity contribution in [1.82, 2.24) is 9.55 Å². The van der Waals surface area contributed by atoms with Crippen molar-refractivity contribution in [2.75, 3.05) is 0 Å². The molecule has 0 aliphatic rings. The van der Waals surface area contributed by atoms with Gasteiger partial charge in [-0.15, -0.1) is 0 Å². The van der Waals surface area contributed by atoms with Crippen LogP contribution in [0.4, 0.5) is 0 Å². The van der Waals surface area contributed by atoms with E-state index < -0.39 is 5.97 Å². The van der Waals surface area contributed by atoms with E-state index in [9.17, 15) is 4.79 Å². The maximum atomic E-state index is 10.2. The summed E-state index contributed by atoms with van der Waals surface area (Å²) in [6.07, 6.45) is 11.9. The molecule has 15 heavy (non-hydrogen) atoms. The second-order valence-corrected chi connectivity index (χ2v) is 3.65. The average molecular weight is 209 g/mol. The van der Waals surface area contributed by atoms with E-state index in [1.165, 1.54) is 0 Å². The molecule has 0 unspecified atom stereocenters. The second kappa shape index (κ2) is 7.04. The van der Waals surface area contributed by atoms with Crippen LogP contribution < -0.4 is 0 Å². The molecular formula is C11H17N2O2. The van der Waals surface area contributed by atoms with Crippen LogP contribution in [0.1, 0.15) is 38.5 Å². The van der Waals surface area contributed by atoms with Gasteiger partial charge in [-0.05, 0) is 12.8 Å². The third kappa shape index (κ3) is 5.88. The van der Waals surface area contributed by atoms with Crippen molar-refractivity contribution < 1.29 is 9.90 Å². The van der Waals surface area contributed by atoms with Crippen molar-refractivity contribution in [2.24, 2.45) is 0 Å². The smallest absolute Gasteiger partial charge is 0.303 e.